The van der Waals surface area contributed by atoms with Gasteiger partial charge in [-0.05, 0) is 32.1 Å². The molecule has 0 aromatic rings. The van der Waals surface area contributed by atoms with Crippen molar-refractivity contribution in [2.75, 3.05) is 19.7 Å². The molecule has 2 nitrogen and oxygen atoms in total. The molecule has 0 aromatic carbocycles. The third kappa shape index (κ3) is 1.50. The predicted octanol–water partition coefficient (Wildman–Crippen LogP) is -0.174. The van der Waals surface area contributed by atoms with Gasteiger partial charge in [0.25, 0.3) is 0 Å². The average Bonchev–Trinajstić information content (AvgIpc) is 2.17. The van der Waals surface area contributed by atoms with Crippen LogP contribution in [0.2, 0.25) is 0 Å². The number of nitrogens with one attached hydrogen (secondary N) is 1. The van der Waals surface area contributed by atoms with Crippen molar-refractivity contribution in [1.82, 2.24) is 0 Å². The van der Waals surface area contributed by atoms with E-state index in [4.69, 9.17) is 0 Å². The SMILES string of the molecule is OC[C@H]1CCC[NH+]2CCCC[C@H]12. The standard InChI is InChI=1S/C10H19NO/c12-8-9-4-3-7-11-6-2-1-5-10(9)11/h9-10,12H,1-8H2/p+1/t9-,10-/m1/s1. The number of aliphatic hydroxyl groups is 1. The molecule has 0 radical (unpaired) electrons. The highest BCUT2D eigenvalue weighted by molar-refractivity contribution is 4.74. The fraction of sp³-hybridized carbons (Fsp3) is 1.00. The van der Waals surface area contributed by atoms with Crippen molar-refractivity contribution < 1.29 is 10.0 Å². The number of hydrogen-bond acceptors (Lipinski definition) is 1. The maximum Gasteiger partial charge on any atom is 0.0925 e. The molecule has 2 fully saturated rings. The van der Waals surface area contributed by atoms with Gasteiger partial charge in [-0.3, -0.25) is 0 Å². The van der Waals surface area contributed by atoms with Crippen LogP contribution in [0.4, 0.5) is 0 Å². The Morgan fingerprint density at radius 3 is 2.75 bits per heavy atom. The monoisotopic (exact) mass is 170 g/mol. The van der Waals surface area contributed by atoms with E-state index in [1.165, 1.54) is 45.2 Å². The Balaban J connectivity index is 1.99. The Morgan fingerprint density at radius 1 is 1.08 bits per heavy atom. The molecule has 2 saturated heterocycles. The molecule has 2 heterocycles. The molecule has 1 unspecified atom stereocenters. The number of hydrogen-bond donors (Lipinski definition) is 2. The fourth-order valence-electron chi connectivity index (χ4n) is 3.00. The first-order chi connectivity index (χ1) is 5.92. The largest absolute Gasteiger partial charge is 0.396 e. The van der Waals surface area contributed by atoms with Crippen molar-refractivity contribution >= 4 is 0 Å². The van der Waals surface area contributed by atoms with Gasteiger partial charge in [-0.2, -0.15) is 0 Å². The summed E-state index contributed by atoms with van der Waals surface area (Å²) < 4.78 is 0. The summed E-state index contributed by atoms with van der Waals surface area (Å²) in [7, 11) is 0. The molecule has 0 spiro atoms. The van der Waals surface area contributed by atoms with Crippen molar-refractivity contribution in [3.05, 3.63) is 0 Å². The summed E-state index contributed by atoms with van der Waals surface area (Å²) in [6, 6.07) is 0.803. The van der Waals surface area contributed by atoms with Gasteiger partial charge in [-0.1, -0.05) is 0 Å². The van der Waals surface area contributed by atoms with Crippen LogP contribution in [0.1, 0.15) is 32.1 Å². The molecule has 70 valence electrons. The van der Waals surface area contributed by atoms with Gasteiger partial charge in [0.2, 0.25) is 0 Å². The molecule has 0 saturated carbocycles. The van der Waals surface area contributed by atoms with Crippen molar-refractivity contribution in [2.45, 2.75) is 38.1 Å². The molecule has 0 amide bonds. The third-order valence-corrected chi connectivity index (χ3v) is 3.66. The number of aliphatic hydroxyl groups excluding tert-OH is 1. The maximum atomic E-state index is 9.22. The lowest BCUT2D eigenvalue weighted by molar-refractivity contribution is -0.940. The summed E-state index contributed by atoms with van der Waals surface area (Å²) in [6.07, 6.45) is 6.76. The van der Waals surface area contributed by atoms with Crippen LogP contribution in [0.3, 0.4) is 0 Å². The highest BCUT2D eigenvalue weighted by Gasteiger charge is 2.35. The number of fused-ring (bicyclic) bond motifs is 1. The van der Waals surface area contributed by atoms with Gasteiger partial charge in [0, 0.05) is 5.92 Å². The van der Waals surface area contributed by atoms with Crippen molar-refractivity contribution in [2.24, 2.45) is 5.92 Å². The van der Waals surface area contributed by atoms with Crippen molar-refractivity contribution in [1.29, 1.82) is 0 Å². The van der Waals surface area contributed by atoms with E-state index in [1.54, 1.807) is 4.90 Å². The van der Waals surface area contributed by atoms with E-state index in [1.807, 2.05) is 0 Å². The fourth-order valence-corrected chi connectivity index (χ4v) is 3.00. The Bertz CT molecular complexity index is 140. The first-order valence-electron chi connectivity index (χ1n) is 5.37. The molecule has 0 aliphatic carbocycles. The second-order valence-electron chi connectivity index (χ2n) is 4.35. The van der Waals surface area contributed by atoms with Crippen molar-refractivity contribution in [3.63, 3.8) is 0 Å². The molecule has 2 N–H and O–H groups in total. The van der Waals surface area contributed by atoms with Crippen LogP contribution in [0, 0.1) is 5.92 Å². The normalized spacial score (nSPS) is 42.2. The lowest BCUT2D eigenvalue weighted by Gasteiger charge is -2.40. The lowest BCUT2D eigenvalue weighted by Crippen LogP contribution is -3.18. The molecule has 3 atom stereocenters. The van der Waals surface area contributed by atoms with E-state index < -0.39 is 0 Å². The zero-order valence-corrected chi connectivity index (χ0v) is 7.76. The Kier molecular flexibility index (Phi) is 2.66. The molecule has 12 heavy (non-hydrogen) atoms. The van der Waals surface area contributed by atoms with Gasteiger partial charge in [-0.25, -0.2) is 0 Å². The zero-order valence-electron chi connectivity index (χ0n) is 7.76. The average molecular weight is 170 g/mol. The second-order valence-corrected chi connectivity index (χ2v) is 4.35. The Morgan fingerprint density at radius 2 is 1.92 bits per heavy atom. The molecule has 0 bridgehead atoms. The van der Waals surface area contributed by atoms with Gasteiger partial charge in [0.1, 0.15) is 0 Å². The highest BCUT2D eigenvalue weighted by Crippen LogP contribution is 2.19. The van der Waals surface area contributed by atoms with Gasteiger partial charge < -0.3 is 10.0 Å². The summed E-state index contributed by atoms with van der Waals surface area (Å²) in [4.78, 5) is 1.78. The number of rotatable bonds is 1. The first-order valence-corrected chi connectivity index (χ1v) is 5.37. The molecule has 2 aliphatic rings. The van der Waals surface area contributed by atoms with E-state index in [-0.39, 0.29) is 0 Å². The predicted molar refractivity (Wildman–Crippen MR) is 48.1 cm³/mol. The molecular weight excluding hydrogens is 150 g/mol. The van der Waals surface area contributed by atoms with Crippen molar-refractivity contribution in [3.8, 4) is 0 Å². The van der Waals surface area contributed by atoms with Crippen LogP contribution in [0.15, 0.2) is 0 Å². The van der Waals surface area contributed by atoms with Crippen LogP contribution in [0.25, 0.3) is 0 Å². The summed E-state index contributed by atoms with van der Waals surface area (Å²) >= 11 is 0. The lowest BCUT2D eigenvalue weighted by atomic mass is 9.84. The van der Waals surface area contributed by atoms with E-state index in [2.05, 4.69) is 0 Å². The molecule has 2 rings (SSSR count). The van der Waals surface area contributed by atoms with Gasteiger partial charge in [0.15, 0.2) is 0 Å². The topological polar surface area (TPSA) is 24.7 Å². The first kappa shape index (κ1) is 8.52. The molecular formula is C10H20NO+. The smallest absolute Gasteiger partial charge is 0.0925 e. The summed E-state index contributed by atoms with van der Waals surface area (Å²) in [5.41, 5.74) is 0. The van der Waals surface area contributed by atoms with E-state index >= 15 is 0 Å². The number of quaternary nitrogens is 1. The summed E-state index contributed by atoms with van der Waals surface area (Å²) in [5, 5.41) is 9.22. The Hall–Kier alpha value is -0.0800. The van der Waals surface area contributed by atoms with Crippen LogP contribution in [-0.4, -0.2) is 30.8 Å². The highest BCUT2D eigenvalue weighted by atomic mass is 16.3. The molecule has 2 heteroatoms. The van der Waals surface area contributed by atoms with Gasteiger partial charge >= 0.3 is 0 Å². The zero-order chi connectivity index (χ0) is 8.39. The van der Waals surface area contributed by atoms with E-state index in [9.17, 15) is 5.11 Å². The van der Waals surface area contributed by atoms with Crippen LogP contribution in [-0.2, 0) is 0 Å². The minimum absolute atomic E-state index is 0.425. The maximum absolute atomic E-state index is 9.22. The van der Waals surface area contributed by atoms with E-state index in [0.717, 1.165) is 6.04 Å². The molecule has 0 aromatic heterocycles. The number of piperidine rings is 2. The summed E-state index contributed by atoms with van der Waals surface area (Å²) in [5.74, 6) is 0.619. The Labute approximate surface area is 74.6 Å². The summed E-state index contributed by atoms with van der Waals surface area (Å²) in [6.45, 7) is 3.15. The van der Waals surface area contributed by atoms with Crippen LogP contribution < -0.4 is 4.90 Å². The van der Waals surface area contributed by atoms with E-state index in [0.29, 0.717) is 12.5 Å². The van der Waals surface area contributed by atoms with Crippen LogP contribution >= 0.6 is 0 Å². The quantitative estimate of drug-likeness (QED) is 0.561. The molecule has 2 aliphatic heterocycles. The minimum Gasteiger partial charge on any atom is -0.396 e. The second kappa shape index (κ2) is 3.75. The van der Waals surface area contributed by atoms with Crippen LogP contribution in [0.5, 0.6) is 0 Å². The van der Waals surface area contributed by atoms with Gasteiger partial charge in [0.05, 0.1) is 25.7 Å². The van der Waals surface area contributed by atoms with Gasteiger partial charge in [-0.15, -0.1) is 0 Å². The third-order valence-electron chi connectivity index (χ3n) is 3.66. The minimum atomic E-state index is 0.425.